The summed E-state index contributed by atoms with van der Waals surface area (Å²) in [6.07, 6.45) is 5.44. The van der Waals surface area contributed by atoms with Crippen LogP contribution in [0.25, 0.3) is 0 Å². The van der Waals surface area contributed by atoms with Gasteiger partial charge in [-0.3, -0.25) is 0 Å². The first-order chi connectivity index (χ1) is 9.16. The summed E-state index contributed by atoms with van der Waals surface area (Å²) in [6.45, 7) is 2.36. The van der Waals surface area contributed by atoms with Crippen molar-refractivity contribution in [3.8, 4) is 0 Å². The van der Waals surface area contributed by atoms with Crippen molar-refractivity contribution in [2.75, 3.05) is 6.54 Å². The van der Waals surface area contributed by atoms with Crippen molar-refractivity contribution < 1.29 is 9.90 Å². The van der Waals surface area contributed by atoms with Crippen LogP contribution in [0.3, 0.4) is 0 Å². The molecule has 100 valence electrons. The Kier molecular flexibility index (Phi) is 4.70. The van der Waals surface area contributed by atoms with Gasteiger partial charge in [-0.2, -0.15) is 0 Å². The van der Waals surface area contributed by atoms with E-state index in [-0.39, 0.29) is 5.56 Å². The molecule has 0 amide bonds. The molecule has 1 aromatic carbocycles. The normalized spacial score (nSPS) is 10.6. The van der Waals surface area contributed by atoms with Gasteiger partial charge >= 0.3 is 5.97 Å². The van der Waals surface area contributed by atoms with Gasteiger partial charge in [0, 0.05) is 36.5 Å². The lowest BCUT2D eigenvalue weighted by Crippen LogP contribution is -2.19. The molecule has 2 aromatic rings. The van der Waals surface area contributed by atoms with Crippen LogP contribution in [0.2, 0.25) is 0 Å². The van der Waals surface area contributed by atoms with Crippen LogP contribution in [-0.2, 0) is 13.1 Å². The molecule has 0 bridgehead atoms. The van der Waals surface area contributed by atoms with Gasteiger partial charge in [0.15, 0.2) is 0 Å². The Morgan fingerprint density at radius 1 is 1.47 bits per heavy atom. The number of halogens is 1. The highest BCUT2D eigenvalue weighted by Gasteiger charge is 2.06. The Labute approximate surface area is 119 Å². The second kappa shape index (κ2) is 6.49. The highest BCUT2D eigenvalue weighted by molar-refractivity contribution is 9.10. The number of hydrogen-bond donors (Lipinski definition) is 2. The standard InChI is InChI=1S/C13H14BrN3O2/c14-12-7-10(13(18)19)1-2-11(12)8-15-3-5-17-6-4-16-9-17/h1-2,4,6-7,9,15H,3,5,8H2,(H,18,19). The zero-order chi connectivity index (χ0) is 13.7. The molecule has 1 heterocycles. The molecule has 1 aromatic heterocycles. The molecule has 2 rings (SSSR count). The monoisotopic (exact) mass is 323 g/mol. The number of carbonyl (C=O) groups is 1. The molecular formula is C13H14BrN3O2. The van der Waals surface area contributed by atoms with E-state index in [2.05, 4.69) is 26.2 Å². The molecule has 0 saturated heterocycles. The summed E-state index contributed by atoms with van der Waals surface area (Å²) in [5, 5.41) is 12.2. The number of carboxylic acids is 1. The average molecular weight is 324 g/mol. The van der Waals surface area contributed by atoms with Gasteiger partial charge in [0.25, 0.3) is 0 Å². The number of nitrogens with zero attached hydrogens (tertiary/aromatic N) is 2. The predicted molar refractivity (Wildman–Crippen MR) is 75.0 cm³/mol. The fraction of sp³-hybridized carbons (Fsp3) is 0.231. The van der Waals surface area contributed by atoms with Crippen molar-refractivity contribution in [2.24, 2.45) is 0 Å². The van der Waals surface area contributed by atoms with Gasteiger partial charge < -0.3 is 15.0 Å². The molecular weight excluding hydrogens is 310 g/mol. The summed E-state index contributed by atoms with van der Waals surface area (Å²) < 4.78 is 2.80. The molecule has 2 N–H and O–H groups in total. The van der Waals surface area contributed by atoms with Crippen molar-refractivity contribution >= 4 is 21.9 Å². The minimum atomic E-state index is -0.916. The number of carboxylic acid groups (broad SMARTS) is 1. The predicted octanol–water partition coefficient (Wildman–Crippen LogP) is 2.13. The highest BCUT2D eigenvalue weighted by atomic mass is 79.9. The maximum absolute atomic E-state index is 10.8. The fourth-order valence-electron chi connectivity index (χ4n) is 1.67. The highest BCUT2D eigenvalue weighted by Crippen LogP contribution is 2.18. The van der Waals surface area contributed by atoms with Crippen molar-refractivity contribution in [3.63, 3.8) is 0 Å². The lowest BCUT2D eigenvalue weighted by atomic mass is 10.1. The van der Waals surface area contributed by atoms with E-state index in [1.54, 1.807) is 24.7 Å². The van der Waals surface area contributed by atoms with Gasteiger partial charge in [-0.15, -0.1) is 0 Å². The summed E-state index contributed by atoms with van der Waals surface area (Å²) >= 11 is 3.39. The minimum absolute atomic E-state index is 0.286. The molecule has 0 aliphatic rings. The number of aromatic carboxylic acids is 1. The molecule has 5 nitrogen and oxygen atoms in total. The molecule has 0 fully saturated rings. The molecule has 0 aliphatic heterocycles. The maximum atomic E-state index is 10.8. The number of imidazole rings is 1. The zero-order valence-corrected chi connectivity index (χ0v) is 11.8. The van der Waals surface area contributed by atoms with Gasteiger partial charge in [0.2, 0.25) is 0 Å². The first-order valence-corrected chi connectivity index (χ1v) is 6.64. The number of hydrogen-bond acceptors (Lipinski definition) is 3. The second-order valence-corrected chi connectivity index (χ2v) is 4.94. The lowest BCUT2D eigenvalue weighted by Gasteiger charge is -2.08. The van der Waals surface area contributed by atoms with E-state index in [0.717, 1.165) is 23.1 Å². The van der Waals surface area contributed by atoms with Gasteiger partial charge in [-0.05, 0) is 17.7 Å². The topological polar surface area (TPSA) is 67.2 Å². The first kappa shape index (κ1) is 13.8. The van der Waals surface area contributed by atoms with Gasteiger partial charge in [-0.1, -0.05) is 22.0 Å². The molecule has 0 atom stereocenters. The molecule has 0 spiro atoms. The van der Waals surface area contributed by atoms with Gasteiger partial charge in [-0.25, -0.2) is 9.78 Å². The Balaban J connectivity index is 1.84. The summed E-state index contributed by atoms with van der Waals surface area (Å²) in [5.74, 6) is -0.916. The van der Waals surface area contributed by atoms with E-state index in [9.17, 15) is 4.79 Å². The Morgan fingerprint density at radius 2 is 2.32 bits per heavy atom. The molecule has 19 heavy (non-hydrogen) atoms. The van der Waals surface area contributed by atoms with Crippen LogP contribution in [0.4, 0.5) is 0 Å². The van der Waals surface area contributed by atoms with Crippen molar-refractivity contribution in [1.29, 1.82) is 0 Å². The molecule has 0 aliphatic carbocycles. The Bertz CT molecular complexity index is 555. The molecule has 0 saturated carbocycles. The number of nitrogens with one attached hydrogen (secondary N) is 1. The van der Waals surface area contributed by atoms with Crippen molar-refractivity contribution in [1.82, 2.24) is 14.9 Å². The smallest absolute Gasteiger partial charge is 0.335 e. The molecule has 0 unspecified atom stereocenters. The number of aromatic nitrogens is 2. The summed E-state index contributed by atoms with van der Waals surface area (Å²) in [5.41, 5.74) is 1.32. The molecule has 0 radical (unpaired) electrons. The SMILES string of the molecule is O=C(O)c1ccc(CNCCn2ccnc2)c(Br)c1. The van der Waals surface area contributed by atoms with E-state index >= 15 is 0 Å². The van der Waals surface area contributed by atoms with Crippen molar-refractivity contribution in [2.45, 2.75) is 13.1 Å². The number of rotatable bonds is 6. The van der Waals surface area contributed by atoms with Crippen LogP contribution >= 0.6 is 15.9 Å². The minimum Gasteiger partial charge on any atom is -0.478 e. The fourth-order valence-corrected chi connectivity index (χ4v) is 2.19. The van der Waals surface area contributed by atoms with E-state index < -0.39 is 5.97 Å². The van der Waals surface area contributed by atoms with Crippen molar-refractivity contribution in [3.05, 3.63) is 52.5 Å². The van der Waals surface area contributed by atoms with Crippen LogP contribution < -0.4 is 5.32 Å². The van der Waals surface area contributed by atoms with Gasteiger partial charge in [0.1, 0.15) is 0 Å². The quantitative estimate of drug-likeness (QED) is 0.799. The van der Waals surface area contributed by atoms with E-state index in [0.29, 0.717) is 6.54 Å². The maximum Gasteiger partial charge on any atom is 0.335 e. The van der Waals surface area contributed by atoms with Crippen LogP contribution in [0.15, 0.2) is 41.4 Å². The average Bonchev–Trinajstić information content (AvgIpc) is 2.89. The summed E-state index contributed by atoms with van der Waals surface area (Å²) in [7, 11) is 0. The Morgan fingerprint density at radius 3 is 2.95 bits per heavy atom. The van der Waals surface area contributed by atoms with Gasteiger partial charge in [0.05, 0.1) is 11.9 Å². The van der Waals surface area contributed by atoms with E-state index in [1.807, 2.05) is 16.8 Å². The summed E-state index contributed by atoms with van der Waals surface area (Å²) in [4.78, 5) is 14.8. The van der Waals surface area contributed by atoms with Crippen LogP contribution in [-0.4, -0.2) is 27.2 Å². The zero-order valence-electron chi connectivity index (χ0n) is 10.2. The second-order valence-electron chi connectivity index (χ2n) is 4.09. The largest absolute Gasteiger partial charge is 0.478 e. The third-order valence-corrected chi connectivity index (χ3v) is 3.46. The van der Waals surface area contributed by atoms with E-state index in [4.69, 9.17) is 5.11 Å². The van der Waals surface area contributed by atoms with Crippen LogP contribution in [0.5, 0.6) is 0 Å². The van der Waals surface area contributed by atoms with E-state index in [1.165, 1.54) is 0 Å². The molecule has 6 heteroatoms. The summed E-state index contributed by atoms with van der Waals surface area (Å²) in [6, 6.07) is 5.05. The Hall–Kier alpha value is -1.66. The third-order valence-electron chi connectivity index (χ3n) is 2.72. The lowest BCUT2D eigenvalue weighted by molar-refractivity contribution is 0.0697. The third kappa shape index (κ3) is 3.90. The first-order valence-electron chi connectivity index (χ1n) is 5.85. The number of benzene rings is 1. The van der Waals surface area contributed by atoms with Crippen LogP contribution in [0, 0.1) is 0 Å². The van der Waals surface area contributed by atoms with Crippen LogP contribution in [0.1, 0.15) is 15.9 Å².